The fourth-order valence-electron chi connectivity index (χ4n) is 4.15. The Kier molecular flexibility index (Phi) is 8.53. The lowest BCUT2D eigenvalue weighted by Gasteiger charge is -2.34. The van der Waals surface area contributed by atoms with Crippen molar-refractivity contribution >= 4 is 29.0 Å². The largest absolute Gasteiger partial charge is 0.755 e. The monoisotopic (exact) mass is 452 g/mol. The number of hydrogen-bond acceptors (Lipinski definition) is 6. The number of amides is 2. The molecule has 0 bridgehead atoms. The second-order valence-corrected chi connectivity index (χ2v) is 8.61. The van der Waals surface area contributed by atoms with E-state index in [1.54, 1.807) is 15.9 Å². The summed E-state index contributed by atoms with van der Waals surface area (Å²) in [5.41, 5.74) is 0.649. The molecule has 2 aliphatic rings. The molecule has 2 amide bonds. The number of piperazine rings is 1. The minimum absolute atomic E-state index is 0.196. The van der Waals surface area contributed by atoms with Crippen LogP contribution in [0.2, 0.25) is 0 Å². The molecular weight excluding hydrogens is 422 g/mol. The molecule has 1 aliphatic carbocycles. The first-order chi connectivity index (χ1) is 15.0. The maximum absolute atomic E-state index is 12.8. The van der Waals surface area contributed by atoms with Crippen molar-refractivity contribution in [1.82, 2.24) is 9.80 Å². The molecule has 1 unspecified atom stereocenters. The maximum Gasteiger partial charge on any atom is 0.409 e. The van der Waals surface area contributed by atoms with E-state index in [0.717, 1.165) is 6.42 Å². The molecule has 31 heavy (non-hydrogen) atoms. The minimum Gasteiger partial charge on any atom is -0.755 e. The Morgan fingerprint density at radius 1 is 1.13 bits per heavy atom. The van der Waals surface area contributed by atoms with E-state index < -0.39 is 11.3 Å². The van der Waals surface area contributed by atoms with Gasteiger partial charge in [0.05, 0.1) is 19.4 Å². The average Bonchev–Trinajstić information content (AvgIpc) is 2.79. The second kappa shape index (κ2) is 11.3. The topological polar surface area (TPSA) is 111 Å². The van der Waals surface area contributed by atoms with Crippen LogP contribution in [0.25, 0.3) is 0 Å². The maximum atomic E-state index is 12.8. The Morgan fingerprint density at radius 3 is 2.45 bits per heavy atom. The van der Waals surface area contributed by atoms with Crippen molar-refractivity contribution in [2.75, 3.05) is 44.6 Å². The molecule has 9 nitrogen and oxygen atoms in total. The molecule has 1 aliphatic heterocycles. The number of nitrogens with zero attached hydrogens (tertiary/aromatic N) is 2. The van der Waals surface area contributed by atoms with Crippen molar-refractivity contribution in [2.24, 2.45) is 5.92 Å². The lowest BCUT2D eigenvalue weighted by Crippen LogP contribution is -2.50. The molecule has 0 spiro atoms. The van der Waals surface area contributed by atoms with Crippen LogP contribution in [-0.2, 0) is 16.0 Å². The van der Waals surface area contributed by atoms with Crippen molar-refractivity contribution in [3.8, 4) is 5.75 Å². The summed E-state index contributed by atoms with van der Waals surface area (Å²) in [6, 6.07) is 4.54. The molecule has 172 valence electrons. The van der Waals surface area contributed by atoms with E-state index in [9.17, 15) is 18.4 Å². The van der Waals surface area contributed by atoms with Crippen LogP contribution < -0.4 is 9.46 Å². The third-order valence-corrected chi connectivity index (χ3v) is 6.33. The third-order valence-electron chi connectivity index (χ3n) is 5.94. The molecule has 0 aromatic heterocycles. The first kappa shape index (κ1) is 23.3. The predicted octanol–water partition coefficient (Wildman–Crippen LogP) is 2.77. The summed E-state index contributed by atoms with van der Waals surface area (Å²) in [6.45, 7) is 2.10. The van der Waals surface area contributed by atoms with Crippen molar-refractivity contribution in [3.05, 3.63) is 23.8 Å². The quantitative estimate of drug-likeness (QED) is 0.637. The molecule has 10 heteroatoms. The van der Waals surface area contributed by atoms with Crippen LogP contribution in [0.4, 0.5) is 10.5 Å². The number of carbonyl (C=O) groups excluding carboxylic acids is 2. The Balaban J connectivity index is 1.46. The molecule has 1 aromatic rings. The number of carbonyl (C=O) groups is 2. The Morgan fingerprint density at radius 2 is 1.81 bits per heavy atom. The van der Waals surface area contributed by atoms with E-state index in [0.29, 0.717) is 44.3 Å². The van der Waals surface area contributed by atoms with Crippen molar-refractivity contribution < 1.29 is 27.8 Å². The summed E-state index contributed by atoms with van der Waals surface area (Å²) in [5, 5.41) is 0. The Bertz CT molecular complexity index is 791. The summed E-state index contributed by atoms with van der Waals surface area (Å²) in [4.78, 5) is 28.4. The summed E-state index contributed by atoms with van der Waals surface area (Å²) in [7, 11) is 1.40. The molecule has 1 atom stereocenters. The normalized spacial score (nSPS) is 18.4. The lowest BCUT2D eigenvalue weighted by molar-refractivity contribution is 0.0543. The van der Waals surface area contributed by atoms with Crippen LogP contribution in [-0.4, -0.2) is 70.5 Å². The van der Waals surface area contributed by atoms with E-state index in [1.165, 1.54) is 51.3 Å². The van der Waals surface area contributed by atoms with Gasteiger partial charge in [-0.05, 0) is 30.5 Å². The van der Waals surface area contributed by atoms with Gasteiger partial charge in [-0.15, -0.1) is 0 Å². The minimum atomic E-state index is -2.49. The molecule has 1 saturated heterocycles. The van der Waals surface area contributed by atoms with Gasteiger partial charge in [-0.1, -0.05) is 32.1 Å². The molecule has 1 heterocycles. The summed E-state index contributed by atoms with van der Waals surface area (Å²) in [6.07, 6.45) is 6.94. The lowest BCUT2D eigenvalue weighted by atomic mass is 9.87. The SMILES string of the molecule is COc1cc(C(=O)N2CCN(C(=O)OCCC3CCCCC3)CC2)ccc1NS(=O)[O-]. The van der Waals surface area contributed by atoms with E-state index in [1.807, 2.05) is 0 Å². The fraction of sp³-hybridized carbons (Fsp3) is 0.619. The second-order valence-electron chi connectivity index (χ2n) is 7.94. The van der Waals surface area contributed by atoms with Crippen LogP contribution in [0.15, 0.2) is 18.2 Å². The number of rotatable bonds is 7. The highest BCUT2D eigenvalue weighted by atomic mass is 32.2. The van der Waals surface area contributed by atoms with Gasteiger partial charge in [-0.2, -0.15) is 0 Å². The zero-order valence-corrected chi connectivity index (χ0v) is 18.7. The van der Waals surface area contributed by atoms with Gasteiger partial charge < -0.3 is 28.5 Å². The number of benzene rings is 1. The highest BCUT2D eigenvalue weighted by Crippen LogP contribution is 2.27. The van der Waals surface area contributed by atoms with Gasteiger partial charge in [0.2, 0.25) is 0 Å². The van der Waals surface area contributed by atoms with Gasteiger partial charge in [0.1, 0.15) is 5.75 Å². The van der Waals surface area contributed by atoms with Crippen molar-refractivity contribution in [3.63, 3.8) is 0 Å². The highest BCUT2D eigenvalue weighted by molar-refractivity contribution is 7.80. The molecule has 2 fully saturated rings. The first-order valence-electron chi connectivity index (χ1n) is 10.7. The van der Waals surface area contributed by atoms with Gasteiger partial charge in [-0.25, -0.2) is 4.79 Å². The predicted molar refractivity (Wildman–Crippen MR) is 116 cm³/mol. The highest BCUT2D eigenvalue weighted by Gasteiger charge is 2.26. The number of hydrogen-bond donors (Lipinski definition) is 1. The van der Waals surface area contributed by atoms with Crippen LogP contribution in [0.1, 0.15) is 48.9 Å². The molecule has 1 aromatic carbocycles. The van der Waals surface area contributed by atoms with Gasteiger partial charge in [0, 0.05) is 43.0 Å². The summed E-state index contributed by atoms with van der Waals surface area (Å²) >= 11 is -2.49. The number of ether oxygens (including phenoxy) is 2. The van der Waals surface area contributed by atoms with E-state index in [4.69, 9.17) is 9.47 Å². The van der Waals surface area contributed by atoms with Crippen LogP contribution in [0.3, 0.4) is 0 Å². The molecule has 3 rings (SSSR count). The Hall–Kier alpha value is -2.33. The van der Waals surface area contributed by atoms with Gasteiger partial charge in [0.25, 0.3) is 5.91 Å². The van der Waals surface area contributed by atoms with E-state index in [-0.39, 0.29) is 23.4 Å². The van der Waals surface area contributed by atoms with Gasteiger partial charge in [-0.3, -0.25) is 9.00 Å². The van der Waals surface area contributed by atoms with Gasteiger partial charge in [0.15, 0.2) is 0 Å². The zero-order chi connectivity index (χ0) is 22.2. The third kappa shape index (κ3) is 6.57. The Labute approximate surface area is 185 Å². The van der Waals surface area contributed by atoms with Crippen LogP contribution >= 0.6 is 0 Å². The molecule has 0 radical (unpaired) electrons. The van der Waals surface area contributed by atoms with Gasteiger partial charge >= 0.3 is 6.09 Å². The fourth-order valence-corrected chi connectivity index (χ4v) is 4.50. The number of anilines is 1. The molecule has 1 saturated carbocycles. The zero-order valence-electron chi connectivity index (χ0n) is 17.8. The first-order valence-corrected chi connectivity index (χ1v) is 11.8. The smallest absolute Gasteiger partial charge is 0.409 e. The van der Waals surface area contributed by atoms with Crippen LogP contribution in [0.5, 0.6) is 5.75 Å². The molecular formula is C21H30N3O6S-. The van der Waals surface area contributed by atoms with E-state index >= 15 is 0 Å². The summed E-state index contributed by atoms with van der Waals surface area (Å²) < 4.78 is 34.6. The summed E-state index contributed by atoms with van der Waals surface area (Å²) in [5.74, 6) is 0.733. The van der Waals surface area contributed by atoms with Crippen LogP contribution in [0, 0.1) is 5.92 Å². The number of methoxy groups -OCH3 is 1. The van der Waals surface area contributed by atoms with Crippen molar-refractivity contribution in [1.29, 1.82) is 0 Å². The molecule has 1 N–H and O–H groups in total. The van der Waals surface area contributed by atoms with Crippen molar-refractivity contribution in [2.45, 2.75) is 38.5 Å². The standard InChI is InChI=1S/C21H31N3O6S/c1-29-19-15-17(7-8-18(19)22-31(27)28)20(25)23-10-12-24(13-11-23)21(26)30-14-9-16-5-3-2-4-6-16/h7-8,15-16,22H,2-6,9-14H2,1H3,(H,27,28)/p-1. The van der Waals surface area contributed by atoms with E-state index in [2.05, 4.69) is 4.72 Å². The average molecular weight is 453 g/mol. The number of nitrogens with one attached hydrogen (secondary N) is 1.